The third-order valence-electron chi connectivity index (χ3n) is 4.04. The maximum absolute atomic E-state index is 3.74. The van der Waals surface area contributed by atoms with Crippen LogP contribution in [0.5, 0.6) is 0 Å². The van der Waals surface area contributed by atoms with Crippen LogP contribution in [0.25, 0.3) is 17.2 Å². The summed E-state index contributed by atoms with van der Waals surface area (Å²) in [6.07, 6.45) is 8.35. The molecule has 124 valence electrons. The molecule has 0 aromatic heterocycles. The van der Waals surface area contributed by atoms with Crippen LogP contribution >= 0.6 is 0 Å². The second kappa shape index (κ2) is 8.70. The SMILES string of the molecule is C=CCCC=Cc1ccc(Nc2ccc(-c3ccccc3)cc2)cc1. The summed E-state index contributed by atoms with van der Waals surface area (Å²) in [4.78, 5) is 0. The summed E-state index contributed by atoms with van der Waals surface area (Å²) in [5.74, 6) is 0. The van der Waals surface area contributed by atoms with Crippen LogP contribution in [0.4, 0.5) is 11.4 Å². The van der Waals surface area contributed by atoms with E-state index < -0.39 is 0 Å². The van der Waals surface area contributed by atoms with Crippen molar-refractivity contribution in [2.45, 2.75) is 12.8 Å². The van der Waals surface area contributed by atoms with Gasteiger partial charge < -0.3 is 5.32 Å². The highest BCUT2D eigenvalue weighted by atomic mass is 14.9. The van der Waals surface area contributed by atoms with Gasteiger partial charge in [-0.2, -0.15) is 0 Å². The van der Waals surface area contributed by atoms with Gasteiger partial charge in [-0.3, -0.25) is 0 Å². The Labute approximate surface area is 150 Å². The monoisotopic (exact) mass is 325 g/mol. The molecule has 0 aliphatic carbocycles. The van der Waals surface area contributed by atoms with Crippen molar-refractivity contribution in [1.29, 1.82) is 0 Å². The molecule has 1 nitrogen and oxygen atoms in total. The van der Waals surface area contributed by atoms with E-state index in [9.17, 15) is 0 Å². The van der Waals surface area contributed by atoms with Crippen molar-refractivity contribution in [2.24, 2.45) is 0 Å². The van der Waals surface area contributed by atoms with Crippen molar-refractivity contribution in [3.8, 4) is 11.1 Å². The first-order valence-corrected chi connectivity index (χ1v) is 8.65. The molecule has 0 aliphatic heterocycles. The van der Waals surface area contributed by atoms with Crippen molar-refractivity contribution < 1.29 is 0 Å². The van der Waals surface area contributed by atoms with Crippen LogP contribution in [0.15, 0.2) is 97.6 Å². The minimum atomic E-state index is 1.02. The maximum Gasteiger partial charge on any atom is 0.0384 e. The third-order valence-corrected chi connectivity index (χ3v) is 4.04. The molecule has 1 heteroatoms. The van der Waals surface area contributed by atoms with Gasteiger partial charge >= 0.3 is 0 Å². The Balaban J connectivity index is 1.62. The Hall–Kier alpha value is -3.06. The number of benzene rings is 3. The fourth-order valence-electron chi connectivity index (χ4n) is 2.65. The molecule has 0 spiro atoms. The lowest BCUT2D eigenvalue weighted by molar-refractivity contribution is 1.06. The molecule has 0 atom stereocenters. The van der Waals surface area contributed by atoms with E-state index >= 15 is 0 Å². The van der Waals surface area contributed by atoms with Crippen LogP contribution in [0.3, 0.4) is 0 Å². The van der Waals surface area contributed by atoms with Gasteiger partial charge in [0.15, 0.2) is 0 Å². The topological polar surface area (TPSA) is 12.0 Å². The number of hydrogen-bond acceptors (Lipinski definition) is 1. The zero-order valence-electron chi connectivity index (χ0n) is 14.4. The summed E-state index contributed by atoms with van der Waals surface area (Å²) >= 11 is 0. The standard InChI is InChI=1S/C24H23N/c1-2-3-4-6-9-20-12-16-23(17-13-20)25-24-18-14-22(15-19-24)21-10-7-5-8-11-21/h2,5-19,25H,1,3-4H2. The number of nitrogens with one attached hydrogen (secondary N) is 1. The van der Waals surface area contributed by atoms with E-state index in [0.29, 0.717) is 0 Å². The van der Waals surface area contributed by atoms with E-state index in [4.69, 9.17) is 0 Å². The smallest absolute Gasteiger partial charge is 0.0384 e. The highest BCUT2D eigenvalue weighted by molar-refractivity contribution is 5.68. The number of rotatable bonds is 7. The Morgan fingerprint density at radius 2 is 1.28 bits per heavy atom. The quantitative estimate of drug-likeness (QED) is 0.361. The Kier molecular flexibility index (Phi) is 5.84. The highest BCUT2D eigenvalue weighted by Gasteiger charge is 1.98. The van der Waals surface area contributed by atoms with Crippen LogP contribution in [-0.4, -0.2) is 0 Å². The molecule has 0 aliphatic rings. The van der Waals surface area contributed by atoms with Gasteiger partial charge in [0.1, 0.15) is 0 Å². The molecule has 0 radical (unpaired) electrons. The first-order valence-electron chi connectivity index (χ1n) is 8.65. The zero-order valence-corrected chi connectivity index (χ0v) is 14.4. The second-order valence-electron chi connectivity index (χ2n) is 5.96. The predicted molar refractivity (Wildman–Crippen MR) is 110 cm³/mol. The van der Waals surface area contributed by atoms with Crippen LogP contribution in [0.1, 0.15) is 18.4 Å². The highest BCUT2D eigenvalue weighted by Crippen LogP contribution is 2.23. The average molecular weight is 325 g/mol. The Morgan fingerprint density at radius 3 is 1.92 bits per heavy atom. The number of unbranched alkanes of at least 4 members (excludes halogenated alkanes) is 1. The molecule has 0 unspecified atom stereocenters. The van der Waals surface area contributed by atoms with E-state index in [1.807, 2.05) is 12.1 Å². The lowest BCUT2D eigenvalue weighted by atomic mass is 10.1. The summed E-state index contributed by atoms with van der Waals surface area (Å²) in [5.41, 5.74) is 5.87. The van der Waals surface area contributed by atoms with Crippen LogP contribution < -0.4 is 5.32 Å². The van der Waals surface area contributed by atoms with Crippen LogP contribution in [-0.2, 0) is 0 Å². The van der Waals surface area contributed by atoms with Gasteiger partial charge in [0.2, 0.25) is 0 Å². The average Bonchev–Trinajstić information content (AvgIpc) is 2.68. The van der Waals surface area contributed by atoms with Crippen molar-refractivity contribution in [3.63, 3.8) is 0 Å². The molecule has 3 rings (SSSR count). The molecule has 0 heterocycles. The van der Waals surface area contributed by atoms with E-state index in [2.05, 4.69) is 96.8 Å². The van der Waals surface area contributed by atoms with Gasteiger partial charge in [-0.05, 0) is 53.8 Å². The molecule has 0 saturated carbocycles. The molecule has 3 aromatic carbocycles. The summed E-state index contributed by atoms with van der Waals surface area (Å²) in [5, 5.41) is 3.45. The van der Waals surface area contributed by atoms with E-state index in [1.165, 1.54) is 16.7 Å². The van der Waals surface area contributed by atoms with Gasteiger partial charge in [-0.1, -0.05) is 72.8 Å². The molecule has 1 N–H and O–H groups in total. The summed E-state index contributed by atoms with van der Waals surface area (Å²) in [6, 6.07) is 27.4. The van der Waals surface area contributed by atoms with E-state index in [0.717, 1.165) is 24.2 Å². The molecule has 25 heavy (non-hydrogen) atoms. The normalized spacial score (nSPS) is 10.7. The molecule has 3 aromatic rings. The molecular formula is C24H23N. The van der Waals surface area contributed by atoms with E-state index in [-0.39, 0.29) is 0 Å². The van der Waals surface area contributed by atoms with Crippen LogP contribution in [0.2, 0.25) is 0 Å². The third kappa shape index (κ3) is 4.95. The summed E-state index contributed by atoms with van der Waals surface area (Å²) in [6.45, 7) is 3.74. The van der Waals surface area contributed by atoms with Crippen molar-refractivity contribution >= 4 is 17.5 Å². The summed E-state index contributed by atoms with van der Waals surface area (Å²) < 4.78 is 0. The van der Waals surface area contributed by atoms with Gasteiger partial charge in [0.05, 0.1) is 0 Å². The van der Waals surface area contributed by atoms with Gasteiger partial charge in [-0.25, -0.2) is 0 Å². The Bertz CT molecular complexity index is 812. The zero-order chi connectivity index (χ0) is 17.3. The number of anilines is 2. The van der Waals surface area contributed by atoms with Crippen molar-refractivity contribution in [2.75, 3.05) is 5.32 Å². The maximum atomic E-state index is 3.74. The number of hydrogen-bond donors (Lipinski definition) is 1. The molecule has 0 amide bonds. The van der Waals surface area contributed by atoms with Gasteiger partial charge in [0.25, 0.3) is 0 Å². The minimum absolute atomic E-state index is 1.02. The molecule has 0 fully saturated rings. The van der Waals surface area contributed by atoms with Gasteiger partial charge in [0, 0.05) is 11.4 Å². The van der Waals surface area contributed by atoms with Gasteiger partial charge in [-0.15, -0.1) is 6.58 Å². The lowest BCUT2D eigenvalue weighted by Crippen LogP contribution is -1.90. The predicted octanol–water partition coefficient (Wildman–Crippen LogP) is 7.08. The second-order valence-corrected chi connectivity index (χ2v) is 5.96. The minimum Gasteiger partial charge on any atom is -0.356 e. The largest absolute Gasteiger partial charge is 0.356 e. The lowest BCUT2D eigenvalue weighted by Gasteiger charge is -2.08. The van der Waals surface area contributed by atoms with Crippen molar-refractivity contribution in [3.05, 3.63) is 103 Å². The van der Waals surface area contributed by atoms with Crippen LogP contribution in [0, 0.1) is 0 Å². The number of allylic oxidation sites excluding steroid dienone is 2. The fourth-order valence-corrected chi connectivity index (χ4v) is 2.65. The first-order chi connectivity index (χ1) is 12.3. The molecule has 0 saturated heterocycles. The van der Waals surface area contributed by atoms with Crippen molar-refractivity contribution in [1.82, 2.24) is 0 Å². The molecule has 0 bridgehead atoms. The fraction of sp³-hybridized carbons (Fsp3) is 0.0833. The van der Waals surface area contributed by atoms with E-state index in [1.54, 1.807) is 0 Å². The summed E-state index contributed by atoms with van der Waals surface area (Å²) in [7, 11) is 0. The Morgan fingerprint density at radius 1 is 0.680 bits per heavy atom. The first kappa shape index (κ1) is 16.8. The molecular weight excluding hydrogens is 302 g/mol.